The van der Waals surface area contributed by atoms with E-state index in [9.17, 15) is 9.59 Å². The SMILES string of the molecule is C#CCOc1c(Cl)cc(/C=C2\C(=O)NC(=S)N(CC=C)C2=O)cc1Br. The molecule has 128 valence electrons. The number of hydrogen-bond acceptors (Lipinski definition) is 4. The molecule has 1 N–H and O–H groups in total. The number of carbonyl (C=O) groups excluding carboxylic acids is 2. The van der Waals surface area contributed by atoms with Crippen LogP contribution in [0.1, 0.15) is 5.56 Å². The van der Waals surface area contributed by atoms with Crippen molar-refractivity contribution in [3.8, 4) is 18.1 Å². The lowest BCUT2D eigenvalue weighted by Crippen LogP contribution is -2.53. The largest absolute Gasteiger partial charge is 0.478 e. The molecule has 1 aliphatic rings. The maximum absolute atomic E-state index is 12.5. The van der Waals surface area contributed by atoms with Crippen molar-refractivity contribution in [2.75, 3.05) is 13.2 Å². The van der Waals surface area contributed by atoms with Gasteiger partial charge in [-0.25, -0.2) is 0 Å². The summed E-state index contributed by atoms with van der Waals surface area (Å²) in [5.74, 6) is 1.65. The van der Waals surface area contributed by atoms with Crippen molar-refractivity contribution in [2.24, 2.45) is 0 Å². The summed E-state index contributed by atoms with van der Waals surface area (Å²) in [4.78, 5) is 25.9. The van der Waals surface area contributed by atoms with Crippen LogP contribution in [0.3, 0.4) is 0 Å². The van der Waals surface area contributed by atoms with Crippen LogP contribution in [0.5, 0.6) is 5.75 Å². The molecule has 0 bridgehead atoms. The first-order chi connectivity index (χ1) is 11.9. The molecule has 2 rings (SSSR count). The zero-order valence-corrected chi connectivity index (χ0v) is 16.0. The van der Waals surface area contributed by atoms with Gasteiger partial charge in [-0.05, 0) is 51.9 Å². The third kappa shape index (κ3) is 4.28. The smallest absolute Gasteiger partial charge is 0.265 e. The van der Waals surface area contributed by atoms with E-state index in [0.717, 1.165) is 0 Å². The average Bonchev–Trinajstić information content (AvgIpc) is 2.55. The zero-order valence-electron chi connectivity index (χ0n) is 12.8. The van der Waals surface area contributed by atoms with E-state index in [2.05, 4.69) is 33.7 Å². The molecule has 1 fully saturated rings. The summed E-state index contributed by atoms with van der Waals surface area (Å²) in [6, 6.07) is 3.23. The molecule has 1 aromatic carbocycles. The lowest BCUT2D eigenvalue weighted by molar-refractivity contribution is -0.128. The molecule has 25 heavy (non-hydrogen) atoms. The van der Waals surface area contributed by atoms with Gasteiger partial charge in [0, 0.05) is 6.54 Å². The fourth-order valence-corrected chi connectivity index (χ4v) is 3.31. The first-order valence-electron chi connectivity index (χ1n) is 6.94. The summed E-state index contributed by atoms with van der Waals surface area (Å²) in [5.41, 5.74) is 0.477. The number of halogens is 2. The second kappa shape index (κ2) is 8.30. The molecule has 5 nitrogen and oxygen atoms in total. The molecule has 0 spiro atoms. The molecule has 0 unspecified atom stereocenters. The summed E-state index contributed by atoms with van der Waals surface area (Å²) in [6.45, 7) is 3.83. The second-order valence-electron chi connectivity index (χ2n) is 4.83. The molecular formula is C17H12BrClN2O3S. The van der Waals surface area contributed by atoms with Crippen molar-refractivity contribution in [3.63, 3.8) is 0 Å². The summed E-state index contributed by atoms with van der Waals surface area (Å²) in [7, 11) is 0. The van der Waals surface area contributed by atoms with E-state index in [1.54, 1.807) is 12.1 Å². The van der Waals surface area contributed by atoms with Gasteiger partial charge in [-0.2, -0.15) is 0 Å². The first-order valence-corrected chi connectivity index (χ1v) is 8.52. The number of thiocarbonyl (C=S) groups is 1. The highest BCUT2D eigenvalue weighted by molar-refractivity contribution is 9.10. The van der Waals surface area contributed by atoms with Crippen molar-refractivity contribution in [2.45, 2.75) is 0 Å². The molecule has 0 saturated carbocycles. The average molecular weight is 440 g/mol. The minimum Gasteiger partial charge on any atom is -0.478 e. The molecule has 0 radical (unpaired) electrons. The molecule has 1 aliphatic heterocycles. The molecule has 0 aliphatic carbocycles. The normalized spacial score (nSPS) is 15.8. The number of rotatable bonds is 5. The lowest BCUT2D eigenvalue weighted by atomic mass is 10.1. The monoisotopic (exact) mass is 438 g/mol. The van der Waals surface area contributed by atoms with Crippen molar-refractivity contribution in [1.29, 1.82) is 0 Å². The van der Waals surface area contributed by atoms with Crippen LogP contribution in [0.15, 0.2) is 34.8 Å². The number of hydrogen-bond donors (Lipinski definition) is 1. The lowest BCUT2D eigenvalue weighted by Gasteiger charge is -2.27. The Morgan fingerprint density at radius 1 is 1.48 bits per heavy atom. The van der Waals surface area contributed by atoms with Gasteiger partial charge in [-0.3, -0.25) is 19.8 Å². The Morgan fingerprint density at radius 3 is 2.80 bits per heavy atom. The Balaban J connectivity index is 2.40. The maximum Gasteiger partial charge on any atom is 0.265 e. The van der Waals surface area contributed by atoms with Gasteiger partial charge >= 0.3 is 0 Å². The third-order valence-corrected chi connectivity index (χ3v) is 4.32. The molecule has 0 aromatic heterocycles. The number of carbonyl (C=O) groups is 2. The number of ether oxygens (including phenoxy) is 1. The predicted octanol–water partition coefficient (Wildman–Crippen LogP) is 2.93. The Morgan fingerprint density at radius 2 is 2.20 bits per heavy atom. The number of nitrogens with zero attached hydrogens (tertiary/aromatic N) is 1. The van der Waals surface area contributed by atoms with E-state index < -0.39 is 11.8 Å². The molecule has 1 aromatic rings. The number of amides is 2. The van der Waals surface area contributed by atoms with E-state index in [1.807, 2.05) is 0 Å². The molecule has 0 atom stereocenters. The topological polar surface area (TPSA) is 58.6 Å². The van der Waals surface area contributed by atoms with Crippen LogP contribution < -0.4 is 10.1 Å². The minimum absolute atomic E-state index is 0.0456. The summed E-state index contributed by atoms with van der Waals surface area (Å²) < 4.78 is 5.89. The maximum atomic E-state index is 12.5. The Bertz CT molecular complexity index is 822. The summed E-state index contributed by atoms with van der Waals surface area (Å²) in [5, 5.41) is 2.81. The molecule has 1 heterocycles. The van der Waals surface area contributed by atoms with Gasteiger partial charge in [0.15, 0.2) is 10.9 Å². The fraction of sp³-hybridized carbons (Fsp3) is 0.118. The van der Waals surface area contributed by atoms with Crippen LogP contribution in [0, 0.1) is 12.3 Å². The quantitative estimate of drug-likeness (QED) is 0.252. The standard InChI is InChI=1S/C17H12BrClN2O3S/c1-3-5-21-16(23)11(15(22)20-17(21)25)7-10-8-12(18)14(13(19)9-10)24-6-4-2/h2-3,7-9H,1,5-6H2,(H,20,22,25)/b11-7+. The zero-order chi connectivity index (χ0) is 18.6. The molecule has 8 heteroatoms. The first kappa shape index (κ1) is 19.2. The van der Waals surface area contributed by atoms with Crippen LogP contribution >= 0.6 is 39.7 Å². The minimum atomic E-state index is -0.574. The van der Waals surface area contributed by atoms with Gasteiger partial charge in [0.1, 0.15) is 12.2 Å². The van der Waals surface area contributed by atoms with Crippen LogP contribution in [-0.2, 0) is 9.59 Å². The Hall–Kier alpha value is -2.14. The van der Waals surface area contributed by atoms with Gasteiger partial charge in [-0.15, -0.1) is 13.0 Å². The second-order valence-corrected chi connectivity index (χ2v) is 6.48. The van der Waals surface area contributed by atoms with Gasteiger partial charge < -0.3 is 4.74 Å². The Labute approximate surface area is 163 Å². The van der Waals surface area contributed by atoms with Crippen LogP contribution in [0.2, 0.25) is 5.02 Å². The number of benzene rings is 1. The van der Waals surface area contributed by atoms with E-state index >= 15 is 0 Å². The van der Waals surface area contributed by atoms with Crippen LogP contribution in [-0.4, -0.2) is 35.0 Å². The van der Waals surface area contributed by atoms with Crippen molar-refractivity contribution in [1.82, 2.24) is 10.2 Å². The summed E-state index contributed by atoms with van der Waals surface area (Å²) >= 11 is 14.5. The van der Waals surface area contributed by atoms with Crippen molar-refractivity contribution in [3.05, 3.63) is 45.4 Å². The van der Waals surface area contributed by atoms with Crippen LogP contribution in [0.4, 0.5) is 0 Å². The fourth-order valence-electron chi connectivity index (χ4n) is 2.07. The van der Waals surface area contributed by atoms with Crippen LogP contribution in [0.25, 0.3) is 6.08 Å². The van der Waals surface area contributed by atoms with E-state index in [0.29, 0.717) is 20.8 Å². The molecular weight excluding hydrogens is 428 g/mol. The highest BCUT2D eigenvalue weighted by Gasteiger charge is 2.32. The van der Waals surface area contributed by atoms with E-state index in [4.69, 9.17) is 35.0 Å². The van der Waals surface area contributed by atoms with E-state index in [-0.39, 0.29) is 23.8 Å². The summed E-state index contributed by atoms with van der Waals surface area (Å²) in [6.07, 6.45) is 8.11. The van der Waals surface area contributed by atoms with Crippen molar-refractivity contribution >= 4 is 62.8 Å². The van der Waals surface area contributed by atoms with Gasteiger partial charge in [0.2, 0.25) is 0 Å². The van der Waals surface area contributed by atoms with E-state index in [1.165, 1.54) is 17.1 Å². The Kier molecular flexibility index (Phi) is 6.37. The molecule has 1 saturated heterocycles. The highest BCUT2D eigenvalue weighted by Crippen LogP contribution is 2.35. The highest BCUT2D eigenvalue weighted by atomic mass is 79.9. The van der Waals surface area contributed by atoms with Gasteiger partial charge in [-0.1, -0.05) is 23.6 Å². The van der Waals surface area contributed by atoms with Gasteiger partial charge in [0.25, 0.3) is 11.8 Å². The molecule has 2 amide bonds. The number of nitrogens with one attached hydrogen (secondary N) is 1. The van der Waals surface area contributed by atoms with Crippen molar-refractivity contribution < 1.29 is 14.3 Å². The number of terminal acetylenes is 1. The van der Waals surface area contributed by atoms with Gasteiger partial charge in [0.05, 0.1) is 9.50 Å². The predicted molar refractivity (Wildman–Crippen MR) is 104 cm³/mol. The third-order valence-electron chi connectivity index (χ3n) is 3.13.